The topological polar surface area (TPSA) is 41.3 Å². The van der Waals surface area contributed by atoms with Crippen LogP contribution in [0.1, 0.15) is 0 Å². The minimum absolute atomic E-state index is 0.360. The van der Waals surface area contributed by atoms with Crippen molar-refractivity contribution < 1.29 is 0 Å². The summed E-state index contributed by atoms with van der Waals surface area (Å²) in [6, 6.07) is 0. The van der Waals surface area contributed by atoms with Crippen molar-refractivity contribution in [3.63, 3.8) is 0 Å². The van der Waals surface area contributed by atoms with Gasteiger partial charge in [-0.15, -0.1) is 0 Å². The predicted octanol–water partition coefficient (Wildman–Crippen LogP) is -0.436. The average molecular weight is 129 g/mol. The summed E-state index contributed by atoms with van der Waals surface area (Å²) in [6.07, 6.45) is 3.75. The van der Waals surface area contributed by atoms with Gasteiger partial charge in [0.05, 0.1) is 0 Å². The molecule has 0 atom stereocenters. The van der Waals surface area contributed by atoms with Gasteiger partial charge in [-0.3, -0.25) is 5.01 Å². The summed E-state index contributed by atoms with van der Waals surface area (Å²) in [4.78, 5) is 0. The molecule has 0 radical (unpaired) electrons. The smallest absolute Gasteiger partial charge is 0.185 e. The predicted molar refractivity (Wildman–Crippen MR) is 35.8 cm³/mol. The van der Waals surface area contributed by atoms with E-state index in [1.54, 1.807) is 5.01 Å². The second-order valence-electron chi connectivity index (χ2n) is 1.46. The first-order valence-electron chi connectivity index (χ1n) is 2.29. The van der Waals surface area contributed by atoms with Crippen molar-refractivity contribution in [2.24, 2.45) is 5.73 Å². The molecule has 0 saturated heterocycles. The van der Waals surface area contributed by atoms with E-state index < -0.39 is 0 Å². The van der Waals surface area contributed by atoms with Crippen LogP contribution >= 0.6 is 12.2 Å². The maximum Gasteiger partial charge on any atom is 0.185 e. The number of hydrogen-bond acceptors (Lipinski definition) is 2. The van der Waals surface area contributed by atoms with Crippen LogP contribution in [0.15, 0.2) is 12.3 Å². The fourth-order valence-electron chi connectivity index (χ4n) is 0.513. The van der Waals surface area contributed by atoms with E-state index in [2.05, 4.69) is 17.6 Å². The molecule has 0 fully saturated rings. The van der Waals surface area contributed by atoms with E-state index in [1.807, 2.05) is 12.3 Å². The van der Waals surface area contributed by atoms with E-state index in [9.17, 15) is 0 Å². The maximum atomic E-state index is 5.24. The minimum atomic E-state index is 0.360. The molecule has 0 spiro atoms. The van der Waals surface area contributed by atoms with Gasteiger partial charge in [0.15, 0.2) is 5.11 Å². The Kier molecular flexibility index (Phi) is 1.45. The Balaban J connectivity index is 2.48. The summed E-state index contributed by atoms with van der Waals surface area (Å²) < 4.78 is 0. The van der Waals surface area contributed by atoms with Crippen LogP contribution < -0.4 is 11.2 Å². The quantitative estimate of drug-likeness (QED) is 0.435. The largest absolute Gasteiger partial charge is 0.375 e. The molecule has 1 heterocycles. The molecule has 0 aromatic rings. The van der Waals surface area contributed by atoms with E-state index in [0.29, 0.717) is 5.11 Å². The molecular formula is C4H7N3S. The van der Waals surface area contributed by atoms with Gasteiger partial charge in [-0.05, 0) is 12.2 Å². The van der Waals surface area contributed by atoms with Crippen molar-refractivity contribution in [3.8, 4) is 0 Å². The molecule has 1 aliphatic heterocycles. The first-order valence-corrected chi connectivity index (χ1v) is 2.70. The molecule has 3 N–H and O–H groups in total. The normalized spacial score (nSPS) is 17.2. The number of hydrazine groups is 1. The molecular weight excluding hydrogens is 122 g/mol. The summed E-state index contributed by atoms with van der Waals surface area (Å²) in [6.45, 7) is 0.817. The van der Waals surface area contributed by atoms with Gasteiger partial charge in [-0.1, -0.05) is 6.08 Å². The summed E-state index contributed by atoms with van der Waals surface area (Å²) in [5.41, 5.74) is 8.15. The first kappa shape index (κ1) is 5.53. The second-order valence-corrected chi connectivity index (χ2v) is 1.87. The lowest BCUT2D eigenvalue weighted by molar-refractivity contribution is 0.465. The van der Waals surface area contributed by atoms with Gasteiger partial charge in [-0.2, -0.15) is 0 Å². The third-order valence-corrected chi connectivity index (χ3v) is 1.07. The molecule has 4 heteroatoms. The van der Waals surface area contributed by atoms with Crippen molar-refractivity contribution >= 4 is 17.3 Å². The Morgan fingerprint density at radius 1 is 1.88 bits per heavy atom. The Bertz CT molecular complexity index is 131. The van der Waals surface area contributed by atoms with Gasteiger partial charge in [0.1, 0.15) is 0 Å². The van der Waals surface area contributed by atoms with Crippen LogP contribution in [0.3, 0.4) is 0 Å². The fraction of sp³-hybridized carbons (Fsp3) is 0.250. The first-order chi connectivity index (χ1) is 3.80. The Morgan fingerprint density at radius 2 is 2.62 bits per heavy atom. The van der Waals surface area contributed by atoms with Crippen LogP contribution in [0.25, 0.3) is 0 Å². The summed E-state index contributed by atoms with van der Waals surface area (Å²) in [7, 11) is 0. The highest BCUT2D eigenvalue weighted by atomic mass is 32.1. The van der Waals surface area contributed by atoms with Gasteiger partial charge in [0.2, 0.25) is 0 Å². The van der Waals surface area contributed by atoms with Gasteiger partial charge >= 0.3 is 0 Å². The third-order valence-electron chi connectivity index (χ3n) is 0.871. The molecule has 0 saturated carbocycles. The molecule has 0 unspecified atom stereocenters. The lowest BCUT2D eigenvalue weighted by Crippen LogP contribution is -2.38. The Morgan fingerprint density at radius 3 is 2.88 bits per heavy atom. The Hall–Kier alpha value is -0.610. The standard InChI is InChI=1S/C4H7N3S/c5-4(8)7-3-1-2-6-7/h1,3,6H,2H2,(H2,5,8). The molecule has 8 heavy (non-hydrogen) atoms. The van der Waals surface area contributed by atoms with E-state index in [4.69, 9.17) is 5.73 Å². The Labute approximate surface area is 53.1 Å². The molecule has 0 aromatic heterocycles. The van der Waals surface area contributed by atoms with Crippen molar-refractivity contribution in [2.45, 2.75) is 0 Å². The lowest BCUT2D eigenvalue weighted by Gasteiger charge is -2.11. The maximum absolute atomic E-state index is 5.24. The average Bonchev–Trinajstić information content (AvgIpc) is 2.12. The molecule has 0 bridgehead atoms. The highest BCUT2D eigenvalue weighted by molar-refractivity contribution is 7.80. The van der Waals surface area contributed by atoms with E-state index in [0.717, 1.165) is 6.54 Å². The summed E-state index contributed by atoms with van der Waals surface area (Å²) >= 11 is 4.65. The molecule has 1 rings (SSSR count). The van der Waals surface area contributed by atoms with Crippen LogP contribution in [0, 0.1) is 0 Å². The number of nitrogens with zero attached hydrogens (tertiary/aromatic N) is 1. The minimum Gasteiger partial charge on any atom is -0.375 e. The van der Waals surface area contributed by atoms with E-state index >= 15 is 0 Å². The van der Waals surface area contributed by atoms with Crippen molar-refractivity contribution in [3.05, 3.63) is 12.3 Å². The molecule has 0 amide bonds. The molecule has 0 aromatic carbocycles. The van der Waals surface area contributed by atoms with Gasteiger partial charge < -0.3 is 5.73 Å². The van der Waals surface area contributed by atoms with Crippen molar-refractivity contribution in [1.29, 1.82) is 0 Å². The lowest BCUT2D eigenvalue weighted by atomic mass is 10.7. The van der Waals surface area contributed by atoms with Crippen molar-refractivity contribution in [2.75, 3.05) is 6.54 Å². The van der Waals surface area contributed by atoms with Crippen LogP contribution in [-0.2, 0) is 0 Å². The number of nitrogens with one attached hydrogen (secondary N) is 1. The number of hydrogen-bond donors (Lipinski definition) is 2. The molecule has 1 aliphatic rings. The number of nitrogens with two attached hydrogens (primary N) is 1. The van der Waals surface area contributed by atoms with Crippen LogP contribution in [0.4, 0.5) is 0 Å². The number of thiocarbonyl (C=S) groups is 1. The SMILES string of the molecule is NC(=S)N1C=CCN1. The highest BCUT2D eigenvalue weighted by Crippen LogP contribution is 1.90. The zero-order valence-electron chi connectivity index (χ0n) is 4.29. The van der Waals surface area contributed by atoms with Crippen LogP contribution in [0.5, 0.6) is 0 Å². The van der Waals surface area contributed by atoms with Gasteiger partial charge in [-0.25, -0.2) is 5.43 Å². The van der Waals surface area contributed by atoms with E-state index in [1.165, 1.54) is 0 Å². The van der Waals surface area contributed by atoms with Gasteiger partial charge in [0.25, 0.3) is 0 Å². The molecule has 0 aliphatic carbocycles. The highest BCUT2D eigenvalue weighted by Gasteiger charge is 2.02. The fourth-order valence-corrected chi connectivity index (χ4v) is 0.639. The zero-order chi connectivity index (χ0) is 5.98. The second kappa shape index (κ2) is 2.11. The van der Waals surface area contributed by atoms with Gasteiger partial charge in [0, 0.05) is 12.7 Å². The summed E-state index contributed by atoms with van der Waals surface area (Å²) in [5, 5.41) is 1.97. The van der Waals surface area contributed by atoms with Crippen LogP contribution in [0.2, 0.25) is 0 Å². The summed E-state index contributed by atoms with van der Waals surface area (Å²) in [5.74, 6) is 0. The van der Waals surface area contributed by atoms with E-state index in [-0.39, 0.29) is 0 Å². The third kappa shape index (κ3) is 0.962. The monoisotopic (exact) mass is 129 g/mol. The zero-order valence-corrected chi connectivity index (χ0v) is 5.11. The van der Waals surface area contributed by atoms with Crippen molar-refractivity contribution in [1.82, 2.24) is 10.4 Å². The van der Waals surface area contributed by atoms with Crippen LogP contribution in [-0.4, -0.2) is 16.7 Å². The number of rotatable bonds is 0. The molecule has 3 nitrogen and oxygen atoms in total. The molecule has 44 valence electrons.